The molecule has 104 valence electrons. The van der Waals surface area contributed by atoms with Crippen molar-refractivity contribution >= 4 is 5.91 Å². The summed E-state index contributed by atoms with van der Waals surface area (Å²) in [5, 5.41) is 0. The molecule has 0 aliphatic carbocycles. The van der Waals surface area contributed by atoms with Crippen LogP contribution in [0.2, 0.25) is 0 Å². The fourth-order valence-corrected chi connectivity index (χ4v) is 2.02. The Balaban J connectivity index is 2.68. The molecule has 0 aliphatic heterocycles. The van der Waals surface area contributed by atoms with Crippen LogP contribution in [0.4, 0.5) is 4.39 Å². The quantitative estimate of drug-likeness (QED) is 0.933. The molecule has 2 aromatic rings. The number of benzene rings is 2. The molecular weight excluding hydrogens is 261 g/mol. The molecule has 0 heterocycles. The van der Waals surface area contributed by atoms with Crippen molar-refractivity contribution in [3.05, 3.63) is 47.8 Å². The number of carbonyl (C=O) groups excluding carboxylic acids is 1. The lowest BCUT2D eigenvalue weighted by Crippen LogP contribution is -2.14. The summed E-state index contributed by atoms with van der Waals surface area (Å²) in [6.07, 6.45) is 0. The van der Waals surface area contributed by atoms with Gasteiger partial charge in [-0.15, -0.1) is 0 Å². The molecule has 0 saturated heterocycles. The summed E-state index contributed by atoms with van der Waals surface area (Å²) in [7, 11) is 3.02. The number of hydrogen-bond donors (Lipinski definition) is 1. The van der Waals surface area contributed by atoms with Gasteiger partial charge in [-0.05, 0) is 18.2 Å². The van der Waals surface area contributed by atoms with Gasteiger partial charge >= 0.3 is 0 Å². The Morgan fingerprint density at radius 3 is 2.45 bits per heavy atom. The van der Waals surface area contributed by atoms with Gasteiger partial charge in [-0.3, -0.25) is 4.79 Å². The van der Waals surface area contributed by atoms with E-state index in [1.54, 1.807) is 24.3 Å². The van der Waals surface area contributed by atoms with Crippen molar-refractivity contribution in [3.63, 3.8) is 0 Å². The van der Waals surface area contributed by atoms with Crippen molar-refractivity contribution in [2.45, 2.75) is 0 Å². The van der Waals surface area contributed by atoms with E-state index in [9.17, 15) is 9.18 Å². The molecule has 0 saturated carbocycles. The maximum Gasteiger partial charge on any atom is 0.252 e. The molecule has 0 fully saturated rings. The van der Waals surface area contributed by atoms with Crippen LogP contribution in [-0.4, -0.2) is 20.1 Å². The molecule has 1 amide bonds. The number of methoxy groups -OCH3 is 2. The molecule has 2 rings (SSSR count). The fourth-order valence-electron chi connectivity index (χ4n) is 2.02. The lowest BCUT2D eigenvalue weighted by Gasteiger charge is -2.13. The van der Waals surface area contributed by atoms with Gasteiger partial charge in [-0.1, -0.05) is 12.1 Å². The van der Waals surface area contributed by atoms with Crippen molar-refractivity contribution in [1.29, 1.82) is 0 Å². The summed E-state index contributed by atoms with van der Waals surface area (Å²) in [5.41, 5.74) is 6.06. The third-order valence-corrected chi connectivity index (χ3v) is 2.96. The molecule has 0 unspecified atom stereocenters. The summed E-state index contributed by atoms with van der Waals surface area (Å²) in [4.78, 5) is 11.5. The predicted molar refractivity (Wildman–Crippen MR) is 73.5 cm³/mol. The Bertz CT molecular complexity index is 656. The third-order valence-electron chi connectivity index (χ3n) is 2.96. The van der Waals surface area contributed by atoms with Crippen LogP contribution in [0, 0.1) is 5.82 Å². The first-order valence-corrected chi connectivity index (χ1v) is 5.89. The molecule has 5 heteroatoms. The number of primary amides is 1. The number of hydrogen-bond acceptors (Lipinski definition) is 3. The highest BCUT2D eigenvalue weighted by atomic mass is 19.1. The number of carbonyl (C=O) groups is 1. The Morgan fingerprint density at radius 2 is 1.85 bits per heavy atom. The Morgan fingerprint density at radius 1 is 1.10 bits per heavy atom. The number of halogens is 1. The van der Waals surface area contributed by atoms with Gasteiger partial charge in [0.15, 0.2) is 0 Å². The number of nitrogens with two attached hydrogens (primary N) is 1. The van der Waals surface area contributed by atoms with Crippen molar-refractivity contribution in [3.8, 4) is 22.6 Å². The van der Waals surface area contributed by atoms with Gasteiger partial charge in [0, 0.05) is 17.2 Å². The Labute approximate surface area is 115 Å². The van der Waals surface area contributed by atoms with E-state index in [-0.39, 0.29) is 5.56 Å². The minimum atomic E-state index is -0.823. The standard InChI is InChI=1S/C15H14FNO3/c1-19-9-6-7-10(13(8-9)20-2)11-4-3-5-12(16)14(11)15(17)18/h3-8H,1-2H3,(H2,17,18). The topological polar surface area (TPSA) is 61.5 Å². The second-order valence-corrected chi connectivity index (χ2v) is 4.09. The molecule has 0 aliphatic rings. The van der Waals surface area contributed by atoms with E-state index in [1.807, 2.05) is 0 Å². The van der Waals surface area contributed by atoms with Crippen molar-refractivity contribution in [1.82, 2.24) is 0 Å². The molecule has 0 radical (unpaired) electrons. The highest BCUT2D eigenvalue weighted by Gasteiger charge is 2.18. The van der Waals surface area contributed by atoms with Gasteiger partial charge in [0.25, 0.3) is 5.91 Å². The van der Waals surface area contributed by atoms with E-state index in [2.05, 4.69) is 0 Å². The van der Waals surface area contributed by atoms with Gasteiger partial charge in [0.05, 0.1) is 19.8 Å². The van der Waals surface area contributed by atoms with E-state index in [0.29, 0.717) is 22.6 Å². The average Bonchev–Trinajstić information content (AvgIpc) is 2.45. The van der Waals surface area contributed by atoms with E-state index < -0.39 is 11.7 Å². The number of rotatable bonds is 4. The maximum atomic E-state index is 13.8. The molecule has 20 heavy (non-hydrogen) atoms. The van der Waals surface area contributed by atoms with Crippen LogP contribution in [0.15, 0.2) is 36.4 Å². The zero-order valence-electron chi connectivity index (χ0n) is 11.1. The van der Waals surface area contributed by atoms with E-state index in [0.717, 1.165) is 0 Å². The lowest BCUT2D eigenvalue weighted by atomic mass is 9.98. The molecule has 0 spiro atoms. The average molecular weight is 275 g/mol. The van der Waals surface area contributed by atoms with Gasteiger partial charge in [0.1, 0.15) is 17.3 Å². The monoisotopic (exact) mass is 275 g/mol. The minimum absolute atomic E-state index is 0.157. The van der Waals surface area contributed by atoms with Crippen molar-refractivity contribution in [2.24, 2.45) is 5.73 Å². The lowest BCUT2D eigenvalue weighted by molar-refractivity contribution is 0.0997. The highest BCUT2D eigenvalue weighted by molar-refractivity contribution is 6.00. The smallest absolute Gasteiger partial charge is 0.252 e. The van der Waals surface area contributed by atoms with Crippen LogP contribution in [0.3, 0.4) is 0 Å². The third kappa shape index (κ3) is 2.42. The zero-order chi connectivity index (χ0) is 14.7. The summed E-state index contributed by atoms with van der Waals surface area (Å²) < 4.78 is 24.2. The molecule has 4 nitrogen and oxygen atoms in total. The number of ether oxygens (including phenoxy) is 2. The molecule has 2 aromatic carbocycles. The van der Waals surface area contributed by atoms with Crippen molar-refractivity contribution in [2.75, 3.05) is 14.2 Å². The number of amides is 1. The zero-order valence-corrected chi connectivity index (χ0v) is 11.1. The Hall–Kier alpha value is -2.56. The predicted octanol–water partition coefficient (Wildman–Crippen LogP) is 2.61. The van der Waals surface area contributed by atoms with Crippen LogP contribution in [0.25, 0.3) is 11.1 Å². The van der Waals surface area contributed by atoms with E-state index in [1.165, 1.54) is 26.4 Å². The van der Waals surface area contributed by atoms with Gasteiger partial charge in [0.2, 0.25) is 0 Å². The molecule has 0 atom stereocenters. The summed E-state index contributed by atoms with van der Waals surface area (Å²) in [5.74, 6) is -0.413. The fraction of sp³-hybridized carbons (Fsp3) is 0.133. The molecule has 2 N–H and O–H groups in total. The highest BCUT2D eigenvalue weighted by Crippen LogP contribution is 2.35. The van der Waals surface area contributed by atoms with Crippen LogP contribution in [0.1, 0.15) is 10.4 Å². The first-order valence-electron chi connectivity index (χ1n) is 5.89. The molecule has 0 aromatic heterocycles. The first-order chi connectivity index (χ1) is 9.58. The maximum absolute atomic E-state index is 13.8. The molecular formula is C15H14FNO3. The summed E-state index contributed by atoms with van der Waals surface area (Å²) >= 11 is 0. The summed E-state index contributed by atoms with van der Waals surface area (Å²) in [6.45, 7) is 0. The SMILES string of the molecule is COc1ccc(-c2cccc(F)c2C(N)=O)c(OC)c1. The Kier molecular flexibility index (Phi) is 3.89. The second-order valence-electron chi connectivity index (χ2n) is 4.09. The van der Waals surface area contributed by atoms with E-state index >= 15 is 0 Å². The molecule has 0 bridgehead atoms. The van der Waals surface area contributed by atoms with Crippen molar-refractivity contribution < 1.29 is 18.7 Å². The summed E-state index contributed by atoms with van der Waals surface area (Å²) in [6, 6.07) is 9.38. The van der Waals surface area contributed by atoms with Crippen LogP contribution in [0.5, 0.6) is 11.5 Å². The van der Waals surface area contributed by atoms with Gasteiger partial charge < -0.3 is 15.2 Å². The van der Waals surface area contributed by atoms with Crippen LogP contribution < -0.4 is 15.2 Å². The first kappa shape index (κ1) is 13.9. The van der Waals surface area contributed by atoms with Crippen LogP contribution >= 0.6 is 0 Å². The van der Waals surface area contributed by atoms with Crippen LogP contribution in [-0.2, 0) is 0 Å². The second kappa shape index (κ2) is 5.61. The van der Waals surface area contributed by atoms with Gasteiger partial charge in [-0.25, -0.2) is 4.39 Å². The largest absolute Gasteiger partial charge is 0.497 e. The normalized spacial score (nSPS) is 10.2. The minimum Gasteiger partial charge on any atom is -0.497 e. The van der Waals surface area contributed by atoms with E-state index in [4.69, 9.17) is 15.2 Å². The van der Waals surface area contributed by atoms with Gasteiger partial charge in [-0.2, -0.15) is 0 Å².